The first-order valence-electron chi connectivity index (χ1n) is 6.69. The van der Waals surface area contributed by atoms with Crippen molar-refractivity contribution in [2.24, 2.45) is 5.92 Å². The number of nitrogens with one attached hydrogen (secondary N) is 1. The van der Waals surface area contributed by atoms with E-state index < -0.39 is 0 Å². The molecule has 0 bridgehead atoms. The molecule has 0 aromatic heterocycles. The molecule has 1 aromatic rings. The number of benzene rings is 1. The lowest BCUT2D eigenvalue weighted by molar-refractivity contribution is 0.0336. The molecule has 1 N–H and O–H groups in total. The lowest BCUT2D eigenvalue weighted by atomic mass is 9.93. The summed E-state index contributed by atoms with van der Waals surface area (Å²) in [6, 6.07) is 4.98. The molecule has 0 amide bonds. The Hall–Kier alpha value is -0.450. The van der Waals surface area contributed by atoms with Gasteiger partial charge in [-0.3, -0.25) is 0 Å². The highest BCUT2D eigenvalue weighted by atomic mass is 79.9. The molecule has 1 aromatic carbocycles. The van der Waals surface area contributed by atoms with Crippen LogP contribution in [0.5, 0.6) is 0 Å². The van der Waals surface area contributed by atoms with Crippen LogP contribution in [0, 0.1) is 11.7 Å². The highest BCUT2D eigenvalue weighted by molar-refractivity contribution is 9.10. The Bertz CT molecular complexity index is 398. The van der Waals surface area contributed by atoms with Crippen molar-refractivity contribution in [3.63, 3.8) is 0 Å². The summed E-state index contributed by atoms with van der Waals surface area (Å²) in [5.74, 6) is 0.202. The molecular weight excluding hydrogens is 309 g/mol. The minimum atomic E-state index is -0.202. The molecule has 4 heteroatoms. The quantitative estimate of drug-likeness (QED) is 0.820. The topological polar surface area (TPSA) is 21.3 Å². The van der Waals surface area contributed by atoms with Crippen molar-refractivity contribution in [3.05, 3.63) is 34.1 Å². The van der Waals surface area contributed by atoms with Crippen molar-refractivity contribution >= 4 is 15.9 Å². The maximum Gasteiger partial charge on any atom is 0.123 e. The van der Waals surface area contributed by atoms with Gasteiger partial charge in [0.2, 0.25) is 0 Å². The van der Waals surface area contributed by atoms with E-state index in [0.29, 0.717) is 5.92 Å². The van der Waals surface area contributed by atoms with Gasteiger partial charge in [0.05, 0.1) is 6.10 Å². The minimum absolute atomic E-state index is 0.107. The first-order chi connectivity index (χ1) is 8.99. The van der Waals surface area contributed by atoms with Gasteiger partial charge in [-0.15, -0.1) is 0 Å². The van der Waals surface area contributed by atoms with Gasteiger partial charge in [-0.25, -0.2) is 4.39 Å². The Balaban J connectivity index is 2.91. The molecule has 0 fully saturated rings. The third-order valence-corrected chi connectivity index (χ3v) is 4.01. The Labute approximate surface area is 123 Å². The van der Waals surface area contributed by atoms with Crippen LogP contribution in [0.2, 0.25) is 0 Å². The molecule has 0 aliphatic rings. The number of ether oxygens (including phenoxy) is 1. The average molecular weight is 332 g/mol. The number of hydrogen-bond acceptors (Lipinski definition) is 2. The van der Waals surface area contributed by atoms with Gasteiger partial charge in [0.25, 0.3) is 0 Å². The van der Waals surface area contributed by atoms with Crippen molar-refractivity contribution in [2.45, 2.75) is 39.3 Å². The smallest absolute Gasteiger partial charge is 0.123 e. The van der Waals surface area contributed by atoms with Crippen LogP contribution in [0.3, 0.4) is 0 Å². The fourth-order valence-electron chi connectivity index (χ4n) is 2.40. The molecule has 0 radical (unpaired) electrons. The van der Waals surface area contributed by atoms with E-state index in [9.17, 15) is 4.39 Å². The molecule has 0 heterocycles. The first-order valence-corrected chi connectivity index (χ1v) is 7.49. The Morgan fingerprint density at radius 3 is 2.58 bits per heavy atom. The van der Waals surface area contributed by atoms with Crippen LogP contribution in [0.4, 0.5) is 4.39 Å². The van der Waals surface area contributed by atoms with E-state index in [4.69, 9.17) is 4.74 Å². The van der Waals surface area contributed by atoms with E-state index in [1.165, 1.54) is 6.07 Å². The Morgan fingerprint density at radius 1 is 1.37 bits per heavy atom. The fraction of sp³-hybridized carbons (Fsp3) is 0.600. The maximum atomic E-state index is 13.4. The zero-order valence-corrected chi connectivity index (χ0v) is 13.6. The number of hydrogen-bond donors (Lipinski definition) is 1. The van der Waals surface area contributed by atoms with Gasteiger partial charge < -0.3 is 10.1 Å². The molecule has 1 rings (SSSR count). The second-order valence-corrected chi connectivity index (χ2v) is 5.90. The number of methoxy groups -OCH3 is 1. The van der Waals surface area contributed by atoms with E-state index in [1.54, 1.807) is 19.2 Å². The molecule has 0 aliphatic heterocycles. The molecule has 0 spiro atoms. The molecule has 0 saturated carbocycles. The summed E-state index contributed by atoms with van der Waals surface area (Å²) in [5.41, 5.74) is 0.966. The van der Waals surface area contributed by atoms with Crippen LogP contribution >= 0.6 is 15.9 Å². The van der Waals surface area contributed by atoms with Crippen molar-refractivity contribution in [3.8, 4) is 0 Å². The van der Waals surface area contributed by atoms with E-state index in [2.05, 4.69) is 42.0 Å². The van der Waals surface area contributed by atoms with E-state index in [1.807, 2.05) is 0 Å². The summed E-state index contributed by atoms with van der Waals surface area (Å²) in [6.07, 6.45) is 0.846. The first kappa shape index (κ1) is 16.6. The average Bonchev–Trinajstić information content (AvgIpc) is 2.34. The summed E-state index contributed by atoms with van der Waals surface area (Å²) in [5, 5.41) is 3.44. The molecule has 19 heavy (non-hydrogen) atoms. The zero-order valence-electron chi connectivity index (χ0n) is 12.0. The Kier molecular flexibility index (Phi) is 6.97. The third kappa shape index (κ3) is 4.86. The number of halogens is 2. The highest BCUT2D eigenvalue weighted by Gasteiger charge is 2.24. The van der Waals surface area contributed by atoms with Gasteiger partial charge in [0, 0.05) is 17.6 Å². The molecule has 2 atom stereocenters. The van der Waals surface area contributed by atoms with Crippen LogP contribution < -0.4 is 5.32 Å². The van der Waals surface area contributed by atoms with Gasteiger partial charge in [0.15, 0.2) is 0 Å². The molecule has 108 valence electrons. The second-order valence-electron chi connectivity index (χ2n) is 5.05. The van der Waals surface area contributed by atoms with Gasteiger partial charge >= 0.3 is 0 Å². The normalized spacial score (nSPS) is 14.7. The lowest BCUT2D eigenvalue weighted by Crippen LogP contribution is -2.45. The Morgan fingerprint density at radius 2 is 2.05 bits per heavy atom. The standard InChI is InChI=1S/C15H23BrFNO/c1-5-18-14(15(19-4)10(2)3)9-11-8-12(17)6-7-13(11)16/h6-8,10,14-15,18H,5,9H2,1-4H3. The summed E-state index contributed by atoms with van der Waals surface area (Å²) in [6.45, 7) is 7.21. The highest BCUT2D eigenvalue weighted by Crippen LogP contribution is 2.22. The summed E-state index contributed by atoms with van der Waals surface area (Å²) in [4.78, 5) is 0. The predicted octanol–water partition coefficient (Wildman–Crippen LogP) is 3.78. The summed E-state index contributed by atoms with van der Waals surface area (Å²) < 4.78 is 19.9. The minimum Gasteiger partial charge on any atom is -0.380 e. The molecular formula is C15H23BrFNO. The molecule has 2 unspecified atom stereocenters. The lowest BCUT2D eigenvalue weighted by Gasteiger charge is -2.30. The van der Waals surface area contributed by atoms with Gasteiger partial charge in [0.1, 0.15) is 5.82 Å². The van der Waals surface area contributed by atoms with E-state index in [0.717, 1.165) is 23.0 Å². The number of likely N-dealkylation sites (N-methyl/N-ethyl adjacent to an activating group) is 1. The third-order valence-electron chi connectivity index (χ3n) is 3.24. The van der Waals surface area contributed by atoms with E-state index >= 15 is 0 Å². The van der Waals surface area contributed by atoms with E-state index in [-0.39, 0.29) is 18.0 Å². The second kappa shape index (κ2) is 7.98. The molecule has 2 nitrogen and oxygen atoms in total. The van der Waals surface area contributed by atoms with Crippen molar-refractivity contribution in [1.29, 1.82) is 0 Å². The van der Waals surface area contributed by atoms with Crippen LogP contribution in [0.15, 0.2) is 22.7 Å². The van der Waals surface area contributed by atoms with Crippen molar-refractivity contribution in [2.75, 3.05) is 13.7 Å². The fourth-order valence-corrected chi connectivity index (χ4v) is 2.81. The number of rotatable bonds is 7. The van der Waals surface area contributed by atoms with Crippen LogP contribution in [-0.2, 0) is 11.2 Å². The maximum absolute atomic E-state index is 13.4. The predicted molar refractivity (Wildman–Crippen MR) is 80.9 cm³/mol. The van der Waals surface area contributed by atoms with Gasteiger partial charge in [-0.05, 0) is 42.6 Å². The summed E-state index contributed by atoms with van der Waals surface area (Å²) in [7, 11) is 1.73. The molecule has 0 aliphatic carbocycles. The van der Waals surface area contributed by atoms with Crippen LogP contribution in [-0.4, -0.2) is 25.8 Å². The van der Waals surface area contributed by atoms with Crippen LogP contribution in [0.25, 0.3) is 0 Å². The van der Waals surface area contributed by atoms with Crippen LogP contribution in [0.1, 0.15) is 26.3 Å². The zero-order chi connectivity index (χ0) is 14.4. The molecule has 0 saturated heterocycles. The monoisotopic (exact) mass is 331 g/mol. The summed E-state index contributed by atoms with van der Waals surface area (Å²) >= 11 is 3.48. The SMILES string of the molecule is CCNC(Cc1cc(F)ccc1Br)C(OC)C(C)C. The van der Waals surface area contributed by atoms with Gasteiger partial charge in [-0.2, -0.15) is 0 Å². The van der Waals surface area contributed by atoms with Crippen molar-refractivity contribution in [1.82, 2.24) is 5.32 Å². The van der Waals surface area contributed by atoms with Crippen molar-refractivity contribution < 1.29 is 9.13 Å². The van der Waals surface area contributed by atoms with Gasteiger partial charge in [-0.1, -0.05) is 36.7 Å². The largest absolute Gasteiger partial charge is 0.380 e.